The fourth-order valence-corrected chi connectivity index (χ4v) is 3.91. The number of carbonyl (C=O) groups is 2. The zero-order valence-corrected chi connectivity index (χ0v) is 13.8. The van der Waals surface area contributed by atoms with Crippen molar-refractivity contribution in [1.29, 1.82) is 0 Å². The maximum absolute atomic E-state index is 12.1. The number of likely N-dealkylation sites (tertiary alicyclic amines) is 1. The number of nitrogens with zero attached hydrogens (tertiary/aromatic N) is 1. The van der Waals surface area contributed by atoms with Crippen LogP contribution in [-0.2, 0) is 10.0 Å². The Balaban J connectivity index is 2.11. The molecule has 0 radical (unpaired) electrons. The van der Waals surface area contributed by atoms with Gasteiger partial charge in [-0.1, -0.05) is 11.6 Å². The molecule has 2 heterocycles. The van der Waals surface area contributed by atoms with Crippen molar-refractivity contribution in [3.05, 3.63) is 21.3 Å². The minimum Gasteiger partial charge on any atom is -0.465 e. The zero-order valence-electron chi connectivity index (χ0n) is 11.4. The molecule has 2 rings (SSSR count). The van der Waals surface area contributed by atoms with Crippen molar-refractivity contribution in [2.45, 2.75) is 12.1 Å². The minimum absolute atomic E-state index is 0.00731. The molecular formula is C11H14ClN3O5S2. The van der Waals surface area contributed by atoms with Gasteiger partial charge in [0.15, 0.2) is 0 Å². The van der Waals surface area contributed by atoms with Gasteiger partial charge >= 0.3 is 6.09 Å². The van der Waals surface area contributed by atoms with Crippen molar-refractivity contribution < 1.29 is 23.1 Å². The summed E-state index contributed by atoms with van der Waals surface area (Å²) in [6.07, 6.45) is -0.190. The maximum atomic E-state index is 12.1. The van der Waals surface area contributed by atoms with Gasteiger partial charge in [0.25, 0.3) is 5.91 Å². The molecule has 0 aromatic carbocycles. The van der Waals surface area contributed by atoms with E-state index >= 15 is 0 Å². The molecule has 1 aliphatic heterocycles. The fourth-order valence-electron chi connectivity index (χ4n) is 2.18. The van der Waals surface area contributed by atoms with E-state index in [1.165, 1.54) is 0 Å². The quantitative estimate of drug-likeness (QED) is 0.712. The van der Waals surface area contributed by atoms with Gasteiger partial charge in [-0.05, 0) is 12.1 Å². The van der Waals surface area contributed by atoms with E-state index in [0.717, 1.165) is 22.5 Å². The predicted octanol–water partition coefficient (Wildman–Crippen LogP) is 0.411. The minimum atomic E-state index is -3.53. The molecule has 2 atom stereocenters. The summed E-state index contributed by atoms with van der Waals surface area (Å²) in [7, 11) is -3.53. The van der Waals surface area contributed by atoms with Crippen LogP contribution in [0.2, 0.25) is 4.34 Å². The molecule has 2 amide bonds. The Bertz CT molecular complexity index is 690. The lowest BCUT2D eigenvalue weighted by atomic mass is 10.2. The monoisotopic (exact) mass is 367 g/mol. The van der Waals surface area contributed by atoms with Crippen molar-refractivity contribution >= 4 is 45.0 Å². The van der Waals surface area contributed by atoms with Crippen LogP contribution in [0.1, 0.15) is 9.67 Å². The van der Waals surface area contributed by atoms with E-state index < -0.39 is 34.1 Å². The normalized spacial score (nSPS) is 21.8. The van der Waals surface area contributed by atoms with Crippen LogP contribution in [0, 0.1) is 0 Å². The summed E-state index contributed by atoms with van der Waals surface area (Å²) >= 11 is 6.85. The van der Waals surface area contributed by atoms with Crippen LogP contribution < -0.4 is 10.0 Å². The third-order valence-electron chi connectivity index (χ3n) is 3.07. The summed E-state index contributed by atoms with van der Waals surface area (Å²) in [4.78, 5) is 24.6. The highest BCUT2D eigenvalue weighted by Gasteiger charge is 2.37. The number of halogens is 1. The number of nitrogens with one attached hydrogen (secondary N) is 2. The molecule has 1 aromatic rings. The second-order valence-corrected chi connectivity index (χ2v) is 8.36. The SMILES string of the molecule is CS(=O)(=O)NC1CN(C(=O)O)C[C@@H]1NC(=O)c1ccc(Cl)s1. The number of amides is 2. The molecule has 1 unspecified atom stereocenters. The van der Waals surface area contributed by atoms with E-state index in [1.54, 1.807) is 12.1 Å². The summed E-state index contributed by atoms with van der Waals surface area (Å²) in [6, 6.07) is 1.75. The summed E-state index contributed by atoms with van der Waals surface area (Å²) in [5.41, 5.74) is 0. The Morgan fingerprint density at radius 3 is 2.50 bits per heavy atom. The van der Waals surface area contributed by atoms with Crippen molar-refractivity contribution in [2.24, 2.45) is 0 Å². The van der Waals surface area contributed by atoms with Crippen LogP contribution in [0.4, 0.5) is 4.79 Å². The van der Waals surface area contributed by atoms with E-state index in [-0.39, 0.29) is 13.1 Å². The van der Waals surface area contributed by atoms with Gasteiger partial charge in [0.1, 0.15) is 0 Å². The standard InChI is InChI=1S/C11H14ClN3O5S2/c1-22(19,20)14-7-5-15(11(17)18)4-6(7)13-10(16)8-2-3-9(12)21-8/h2-3,6-7,14H,4-5H2,1H3,(H,13,16)(H,17,18)/t6-,7?/m0/s1. The van der Waals surface area contributed by atoms with Crippen molar-refractivity contribution in [2.75, 3.05) is 19.3 Å². The van der Waals surface area contributed by atoms with E-state index in [9.17, 15) is 18.0 Å². The fraction of sp³-hybridized carbons (Fsp3) is 0.455. The first kappa shape index (κ1) is 17.0. The average molecular weight is 368 g/mol. The summed E-state index contributed by atoms with van der Waals surface area (Å²) in [5, 5.41) is 11.7. The van der Waals surface area contributed by atoms with E-state index in [0.29, 0.717) is 9.21 Å². The number of sulfonamides is 1. The molecular weight excluding hydrogens is 354 g/mol. The van der Waals surface area contributed by atoms with Crippen molar-refractivity contribution in [3.63, 3.8) is 0 Å². The molecule has 0 saturated carbocycles. The number of hydrogen-bond donors (Lipinski definition) is 3. The first-order valence-electron chi connectivity index (χ1n) is 6.17. The van der Waals surface area contributed by atoms with Gasteiger partial charge in [0.05, 0.1) is 27.6 Å². The molecule has 122 valence electrons. The zero-order chi connectivity index (χ0) is 16.5. The lowest BCUT2D eigenvalue weighted by Crippen LogP contribution is -2.50. The second kappa shape index (κ2) is 6.41. The Morgan fingerprint density at radius 1 is 1.36 bits per heavy atom. The van der Waals surface area contributed by atoms with Gasteiger partial charge in [0, 0.05) is 13.1 Å². The van der Waals surface area contributed by atoms with Crippen LogP contribution in [0.15, 0.2) is 12.1 Å². The van der Waals surface area contributed by atoms with Gasteiger partial charge in [0.2, 0.25) is 10.0 Å². The Morgan fingerprint density at radius 2 is 2.00 bits per heavy atom. The molecule has 0 aliphatic carbocycles. The van der Waals surface area contributed by atoms with Crippen LogP contribution >= 0.6 is 22.9 Å². The predicted molar refractivity (Wildman–Crippen MR) is 81.9 cm³/mol. The lowest BCUT2D eigenvalue weighted by Gasteiger charge is -2.19. The largest absolute Gasteiger partial charge is 0.465 e. The molecule has 11 heteroatoms. The Kier molecular flexibility index (Phi) is 4.95. The highest BCUT2D eigenvalue weighted by atomic mass is 35.5. The molecule has 0 bridgehead atoms. The Labute approximate surface area is 136 Å². The molecule has 0 spiro atoms. The highest BCUT2D eigenvalue weighted by molar-refractivity contribution is 7.88. The molecule has 1 fully saturated rings. The molecule has 8 nitrogen and oxygen atoms in total. The number of thiophene rings is 1. The van der Waals surface area contributed by atoms with Crippen LogP contribution in [0.3, 0.4) is 0 Å². The first-order chi connectivity index (χ1) is 10.2. The average Bonchev–Trinajstić information content (AvgIpc) is 2.95. The van der Waals surface area contributed by atoms with E-state index in [4.69, 9.17) is 16.7 Å². The third kappa shape index (κ3) is 4.32. The van der Waals surface area contributed by atoms with Gasteiger partial charge in [-0.25, -0.2) is 17.9 Å². The summed E-state index contributed by atoms with van der Waals surface area (Å²) in [5.74, 6) is -0.422. The number of carboxylic acid groups (broad SMARTS) is 1. The lowest BCUT2D eigenvalue weighted by molar-refractivity contribution is 0.0936. The van der Waals surface area contributed by atoms with E-state index in [1.807, 2.05) is 0 Å². The topological polar surface area (TPSA) is 116 Å². The summed E-state index contributed by atoms with van der Waals surface area (Å²) < 4.78 is 25.5. The number of carbonyl (C=O) groups excluding carboxylic acids is 1. The number of hydrogen-bond acceptors (Lipinski definition) is 5. The van der Waals surface area contributed by atoms with Gasteiger partial charge in [-0.3, -0.25) is 4.79 Å². The third-order valence-corrected chi connectivity index (χ3v) is 5.03. The smallest absolute Gasteiger partial charge is 0.407 e. The molecule has 1 saturated heterocycles. The second-order valence-electron chi connectivity index (χ2n) is 4.87. The summed E-state index contributed by atoms with van der Waals surface area (Å²) in [6.45, 7) is -0.0219. The van der Waals surface area contributed by atoms with Crippen LogP contribution in [0.25, 0.3) is 0 Å². The van der Waals surface area contributed by atoms with Gasteiger partial charge in [-0.15, -0.1) is 11.3 Å². The van der Waals surface area contributed by atoms with Crippen LogP contribution in [-0.4, -0.2) is 61.9 Å². The van der Waals surface area contributed by atoms with Crippen molar-refractivity contribution in [1.82, 2.24) is 14.9 Å². The Hall–Kier alpha value is -1.36. The molecule has 22 heavy (non-hydrogen) atoms. The molecule has 3 N–H and O–H groups in total. The molecule has 1 aliphatic rings. The van der Waals surface area contributed by atoms with Crippen LogP contribution in [0.5, 0.6) is 0 Å². The van der Waals surface area contributed by atoms with Crippen molar-refractivity contribution in [3.8, 4) is 0 Å². The maximum Gasteiger partial charge on any atom is 0.407 e. The number of rotatable bonds is 4. The first-order valence-corrected chi connectivity index (χ1v) is 9.25. The van der Waals surface area contributed by atoms with Gasteiger partial charge in [-0.2, -0.15) is 0 Å². The molecule has 1 aromatic heterocycles. The van der Waals surface area contributed by atoms with Gasteiger partial charge < -0.3 is 15.3 Å². The highest BCUT2D eigenvalue weighted by Crippen LogP contribution is 2.22. The van der Waals surface area contributed by atoms with E-state index in [2.05, 4.69) is 10.0 Å².